The van der Waals surface area contributed by atoms with Crippen LogP contribution in [0.1, 0.15) is 75.5 Å². The lowest BCUT2D eigenvalue weighted by molar-refractivity contribution is -0.118. The van der Waals surface area contributed by atoms with Crippen LogP contribution in [0.15, 0.2) is 75.1 Å². The van der Waals surface area contributed by atoms with Gasteiger partial charge in [-0.05, 0) is 29.5 Å². The summed E-state index contributed by atoms with van der Waals surface area (Å²) in [5.41, 5.74) is 1.63. The number of rotatable bonds is 4. The van der Waals surface area contributed by atoms with Crippen LogP contribution in [0.4, 0.5) is 4.39 Å². The third-order valence-corrected chi connectivity index (χ3v) is 6.90. The third-order valence-electron chi connectivity index (χ3n) is 6.90. The number of unbranched alkanes of at least 4 members (excludes halogenated alkanes) is 2. The van der Waals surface area contributed by atoms with E-state index in [0.29, 0.717) is 58.8 Å². The molecule has 2 aromatic carbocycles. The molecule has 5 heteroatoms. The summed E-state index contributed by atoms with van der Waals surface area (Å²) >= 11 is 0. The summed E-state index contributed by atoms with van der Waals surface area (Å²) in [7, 11) is 0. The first-order chi connectivity index (χ1) is 17.8. The molecule has 1 aromatic heterocycles. The maximum atomic E-state index is 13.8. The van der Waals surface area contributed by atoms with Crippen molar-refractivity contribution >= 4 is 5.78 Å². The van der Waals surface area contributed by atoms with Crippen molar-refractivity contribution in [2.24, 2.45) is 5.41 Å². The Labute approximate surface area is 216 Å². The van der Waals surface area contributed by atoms with Gasteiger partial charge in [-0.15, -0.1) is 0 Å². The first-order valence-corrected chi connectivity index (χ1v) is 12.7. The molecule has 5 rings (SSSR count). The van der Waals surface area contributed by atoms with Crippen molar-refractivity contribution in [2.45, 2.75) is 58.8 Å². The zero-order valence-corrected chi connectivity index (χ0v) is 21.3. The average molecular weight is 497 g/mol. The van der Waals surface area contributed by atoms with Gasteiger partial charge in [0.05, 0.1) is 11.5 Å². The molecule has 1 aliphatic heterocycles. The fraction of sp³-hybridized carbons (Fsp3) is 0.312. The van der Waals surface area contributed by atoms with Crippen molar-refractivity contribution < 1.29 is 18.3 Å². The molecule has 1 unspecified atom stereocenters. The number of hydrogen-bond acceptors (Lipinski definition) is 4. The first-order valence-electron chi connectivity index (χ1n) is 12.7. The van der Waals surface area contributed by atoms with E-state index in [1.807, 2.05) is 44.2 Å². The van der Waals surface area contributed by atoms with Crippen molar-refractivity contribution in [1.29, 1.82) is 0 Å². The van der Waals surface area contributed by atoms with Gasteiger partial charge in [0.25, 0.3) is 0 Å². The minimum Gasteiger partial charge on any atom is -0.459 e. The third kappa shape index (κ3) is 4.76. The number of carbonyl (C=O) groups excluding carboxylic acids is 1. The number of allylic oxidation sites excluding steroid dienone is 2. The van der Waals surface area contributed by atoms with E-state index in [0.717, 1.165) is 12.8 Å². The molecule has 1 atom stereocenters. The summed E-state index contributed by atoms with van der Waals surface area (Å²) in [6, 6.07) is 15.3. The molecule has 0 saturated heterocycles. The molecule has 1 aliphatic carbocycles. The Morgan fingerprint density at radius 2 is 1.76 bits per heavy atom. The second kappa shape index (κ2) is 9.86. The summed E-state index contributed by atoms with van der Waals surface area (Å²) in [6.45, 7) is 6.16. The van der Waals surface area contributed by atoms with Gasteiger partial charge in [-0.3, -0.25) is 4.79 Å². The monoisotopic (exact) mass is 496 g/mol. The van der Waals surface area contributed by atoms with E-state index in [1.165, 1.54) is 12.1 Å². The molecule has 2 aliphatic rings. The van der Waals surface area contributed by atoms with E-state index in [4.69, 9.17) is 9.15 Å². The van der Waals surface area contributed by atoms with Crippen LogP contribution < -0.4 is 10.4 Å². The number of hydrogen-bond donors (Lipinski definition) is 0. The molecular weight excluding hydrogens is 467 g/mol. The Morgan fingerprint density at radius 3 is 2.46 bits per heavy atom. The maximum Gasteiger partial charge on any atom is 0.344 e. The molecule has 0 fully saturated rings. The highest BCUT2D eigenvalue weighted by atomic mass is 19.1. The van der Waals surface area contributed by atoms with E-state index in [9.17, 15) is 14.0 Å². The number of benzene rings is 2. The van der Waals surface area contributed by atoms with E-state index in [2.05, 4.69) is 18.8 Å². The van der Waals surface area contributed by atoms with Crippen LogP contribution in [0.3, 0.4) is 0 Å². The van der Waals surface area contributed by atoms with Gasteiger partial charge in [-0.25, -0.2) is 9.18 Å². The van der Waals surface area contributed by atoms with Gasteiger partial charge in [0, 0.05) is 30.4 Å². The highest BCUT2D eigenvalue weighted by Crippen LogP contribution is 2.50. The van der Waals surface area contributed by atoms with Crippen LogP contribution in [0.25, 0.3) is 11.3 Å². The largest absolute Gasteiger partial charge is 0.459 e. The van der Waals surface area contributed by atoms with Gasteiger partial charge in [-0.2, -0.15) is 0 Å². The highest BCUT2D eigenvalue weighted by molar-refractivity contribution is 6.00. The molecule has 0 bridgehead atoms. The van der Waals surface area contributed by atoms with Gasteiger partial charge in [-0.1, -0.05) is 81.5 Å². The fourth-order valence-electron chi connectivity index (χ4n) is 5.15. The van der Waals surface area contributed by atoms with E-state index >= 15 is 0 Å². The maximum absolute atomic E-state index is 13.8. The van der Waals surface area contributed by atoms with Crippen LogP contribution in [0.2, 0.25) is 0 Å². The molecule has 0 N–H and O–H groups in total. The van der Waals surface area contributed by atoms with Gasteiger partial charge in [0.15, 0.2) is 17.3 Å². The number of halogens is 1. The number of ether oxygens (including phenoxy) is 1. The molecule has 0 radical (unpaired) electrons. The molecule has 0 amide bonds. The normalized spacial score (nSPS) is 17.8. The van der Waals surface area contributed by atoms with Crippen molar-refractivity contribution in [3.63, 3.8) is 0 Å². The molecule has 0 spiro atoms. The Hall–Kier alpha value is -3.91. The van der Waals surface area contributed by atoms with E-state index < -0.39 is 17.4 Å². The average Bonchev–Trinajstić information content (AvgIpc) is 2.86. The van der Waals surface area contributed by atoms with Gasteiger partial charge >= 0.3 is 5.63 Å². The summed E-state index contributed by atoms with van der Waals surface area (Å²) in [5.74, 6) is 6.48. The summed E-state index contributed by atoms with van der Waals surface area (Å²) in [6.07, 6.45) is 3.52. The Bertz CT molecular complexity index is 1500. The predicted molar refractivity (Wildman–Crippen MR) is 141 cm³/mol. The molecule has 3 aromatic rings. The Kier molecular flexibility index (Phi) is 6.60. The van der Waals surface area contributed by atoms with Crippen LogP contribution in [0, 0.1) is 23.1 Å². The second-order valence-corrected chi connectivity index (χ2v) is 10.5. The summed E-state index contributed by atoms with van der Waals surface area (Å²) in [4.78, 5) is 27.1. The SMILES string of the molecule is CCCCC#Cc1c(-c2ccccc2)oc(=O)c2c1OC1=C(C(=O)CC(C)(C)C1)C2c1ccc(F)cc1. The van der Waals surface area contributed by atoms with Gasteiger partial charge in [0.1, 0.15) is 17.1 Å². The molecular formula is C32H29FO4. The van der Waals surface area contributed by atoms with E-state index in [-0.39, 0.29) is 16.8 Å². The van der Waals surface area contributed by atoms with Crippen molar-refractivity contribution in [3.05, 3.63) is 98.9 Å². The molecule has 0 saturated carbocycles. The number of fused-ring (bicyclic) bond motifs is 1. The number of Topliss-reactive ketones (excluding diaryl/α,β-unsaturated/α-hetero) is 1. The topological polar surface area (TPSA) is 56.5 Å². The number of carbonyl (C=O) groups is 1. The standard InChI is InChI=1S/C32H29FO4/c1-4-5-6-10-13-23-29(21-11-8-7-9-12-21)37-31(35)28-26(20-14-16-22(33)17-15-20)27-24(34)18-32(2,3)19-25(27)36-30(23)28/h7-9,11-12,14-17,26H,4-6,18-19H2,1-3H3. The molecule has 188 valence electrons. The van der Waals surface area contributed by atoms with Crippen LogP contribution in [-0.4, -0.2) is 5.78 Å². The Morgan fingerprint density at radius 1 is 1.03 bits per heavy atom. The quantitative estimate of drug-likeness (QED) is 0.284. The van der Waals surface area contributed by atoms with Crippen LogP contribution in [0.5, 0.6) is 5.75 Å². The zero-order chi connectivity index (χ0) is 26.2. The molecule has 37 heavy (non-hydrogen) atoms. The molecule has 4 nitrogen and oxygen atoms in total. The minimum atomic E-state index is -0.722. The van der Waals surface area contributed by atoms with Crippen molar-refractivity contribution in [2.75, 3.05) is 0 Å². The highest BCUT2D eigenvalue weighted by Gasteiger charge is 2.44. The lowest BCUT2D eigenvalue weighted by Gasteiger charge is -2.38. The van der Waals surface area contributed by atoms with Crippen LogP contribution >= 0.6 is 0 Å². The zero-order valence-electron chi connectivity index (χ0n) is 21.3. The summed E-state index contributed by atoms with van der Waals surface area (Å²) in [5, 5.41) is 0. The van der Waals surface area contributed by atoms with Gasteiger partial charge < -0.3 is 9.15 Å². The Balaban J connectivity index is 1.80. The molecule has 2 heterocycles. The minimum absolute atomic E-state index is 0.0756. The smallest absolute Gasteiger partial charge is 0.344 e. The second-order valence-electron chi connectivity index (χ2n) is 10.5. The number of ketones is 1. The van der Waals surface area contributed by atoms with Crippen molar-refractivity contribution in [1.82, 2.24) is 0 Å². The van der Waals surface area contributed by atoms with Crippen LogP contribution in [-0.2, 0) is 4.79 Å². The fourth-order valence-corrected chi connectivity index (χ4v) is 5.15. The predicted octanol–water partition coefficient (Wildman–Crippen LogP) is 7.16. The lowest BCUT2D eigenvalue weighted by atomic mass is 9.70. The van der Waals surface area contributed by atoms with E-state index in [1.54, 1.807) is 12.1 Å². The van der Waals surface area contributed by atoms with Gasteiger partial charge in [0.2, 0.25) is 0 Å². The first kappa shape index (κ1) is 24.8. The summed E-state index contributed by atoms with van der Waals surface area (Å²) < 4.78 is 26.3. The van der Waals surface area contributed by atoms with Crippen molar-refractivity contribution in [3.8, 4) is 28.9 Å². The lowest BCUT2D eigenvalue weighted by Crippen LogP contribution is -2.35.